The van der Waals surface area contributed by atoms with Gasteiger partial charge in [-0.15, -0.1) is 0 Å². The second-order valence-electron chi connectivity index (χ2n) is 32.6. The summed E-state index contributed by atoms with van der Waals surface area (Å²) in [6.45, 7) is 14.3. The van der Waals surface area contributed by atoms with Crippen LogP contribution in [0.5, 0.6) is 0 Å². The van der Waals surface area contributed by atoms with E-state index < -0.39 is 97.5 Å². The smallest absolute Gasteiger partial charge is 0.462 e. The molecular weight excluding hydrogens is 1370 g/mol. The molecule has 0 saturated heterocycles. The fourth-order valence-corrected chi connectivity index (χ4v) is 14.9. The number of phosphoric ester groups is 2. The minimum Gasteiger partial charge on any atom is -0.462 e. The van der Waals surface area contributed by atoms with Crippen LogP contribution >= 0.6 is 15.6 Å². The third kappa shape index (κ3) is 78.5. The molecule has 0 fully saturated rings. The molecule has 6 atom stereocenters. The van der Waals surface area contributed by atoms with Crippen molar-refractivity contribution in [2.75, 3.05) is 39.6 Å². The molecule has 0 amide bonds. The Morgan fingerprint density at radius 3 is 0.676 bits per heavy atom. The summed E-state index contributed by atoms with van der Waals surface area (Å²) >= 11 is 0. The minimum absolute atomic E-state index is 0.106. The van der Waals surface area contributed by atoms with Crippen LogP contribution in [0.15, 0.2) is 0 Å². The molecule has 0 radical (unpaired) electrons. The maximum atomic E-state index is 13.1. The maximum absolute atomic E-state index is 13.1. The van der Waals surface area contributed by atoms with Crippen molar-refractivity contribution in [3.8, 4) is 0 Å². The van der Waals surface area contributed by atoms with Crippen LogP contribution in [0, 0.1) is 23.7 Å². The molecule has 0 heterocycles. The van der Waals surface area contributed by atoms with Crippen LogP contribution in [0.3, 0.4) is 0 Å². The third-order valence-corrected chi connectivity index (χ3v) is 22.3. The number of ether oxygens (including phenoxy) is 4. The van der Waals surface area contributed by atoms with Crippen molar-refractivity contribution < 1.29 is 80.2 Å². The molecule has 17 nitrogen and oxygen atoms in total. The molecule has 19 heteroatoms. The van der Waals surface area contributed by atoms with Crippen LogP contribution in [-0.4, -0.2) is 96.7 Å². The molecule has 4 unspecified atom stereocenters. The van der Waals surface area contributed by atoms with E-state index in [4.69, 9.17) is 37.0 Å². The van der Waals surface area contributed by atoms with E-state index in [0.717, 1.165) is 114 Å². The van der Waals surface area contributed by atoms with E-state index in [1.54, 1.807) is 0 Å². The average molecular weight is 1540 g/mol. The summed E-state index contributed by atoms with van der Waals surface area (Å²) in [7, 11) is -9.93. The predicted octanol–water partition coefficient (Wildman–Crippen LogP) is 25.9. The second-order valence-corrected chi connectivity index (χ2v) is 35.5. The Bertz CT molecular complexity index is 2040. The van der Waals surface area contributed by atoms with Crippen molar-refractivity contribution in [1.82, 2.24) is 0 Å². The first-order chi connectivity index (χ1) is 50.6. The van der Waals surface area contributed by atoms with E-state index in [1.165, 1.54) is 244 Å². The van der Waals surface area contributed by atoms with Crippen LogP contribution in [0.1, 0.15) is 447 Å². The number of aliphatic hydroxyl groups is 1. The zero-order chi connectivity index (χ0) is 77.4. The molecule has 0 spiro atoms. The Kier molecular flexibility index (Phi) is 73.4. The van der Waals surface area contributed by atoms with Crippen molar-refractivity contribution in [3.63, 3.8) is 0 Å². The third-order valence-electron chi connectivity index (χ3n) is 20.4. The lowest BCUT2D eigenvalue weighted by molar-refractivity contribution is -0.161. The molecule has 0 aliphatic carbocycles. The summed E-state index contributed by atoms with van der Waals surface area (Å²) in [4.78, 5) is 73.1. The van der Waals surface area contributed by atoms with Gasteiger partial charge in [-0.3, -0.25) is 37.3 Å². The average Bonchev–Trinajstić information content (AvgIpc) is 0.909. The summed E-state index contributed by atoms with van der Waals surface area (Å²) in [5.74, 6) is 1.02. The summed E-state index contributed by atoms with van der Waals surface area (Å²) < 4.78 is 68.8. The topological polar surface area (TPSA) is 237 Å². The van der Waals surface area contributed by atoms with Crippen molar-refractivity contribution >= 4 is 39.5 Å². The Morgan fingerprint density at radius 2 is 0.457 bits per heavy atom. The Morgan fingerprint density at radius 1 is 0.267 bits per heavy atom. The Labute approximate surface area is 645 Å². The number of phosphoric acid groups is 2. The second kappa shape index (κ2) is 74.8. The van der Waals surface area contributed by atoms with Gasteiger partial charge in [-0.25, -0.2) is 9.13 Å². The van der Waals surface area contributed by atoms with Gasteiger partial charge in [0.05, 0.1) is 26.4 Å². The molecule has 624 valence electrons. The van der Waals surface area contributed by atoms with Crippen LogP contribution < -0.4 is 0 Å². The molecule has 105 heavy (non-hydrogen) atoms. The summed E-state index contributed by atoms with van der Waals surface area (Å²) in [5, 5.41) is 10.7. The summed E-state index contributed by atoms with van der Waals surface area (Å²) in [6.07, 6.45) is 64.1. The largest absolute Gasteiger partial charge is 0.472 e. The number of hydrogen-bond acceptors (Lipinski definition) is 15. The SMILES string of the molecule is CCC(C)CCCCCCCCCCCCCCCCCCCCC(=O)O[C@H](COC(=O)CCCCCCCCCC(C)C)COP(=O)(O)OCC(O)COP(=O)(O)OC[C@@H](COC(=O)CCCCCCCCCCCCCCCCCCCCC(C)C)OC(=O)CCCCCCCCCCCC(C)C. The first-order valence-electron chi connectivity index (χ1n) is 44.2. The first kappa shape index (κ1) is 103. The minimum atomic E-state index is -4.96. The lowest BCUT2D eigenvalue weighted by atomic mass is 9.99. The van der Waals surface area contributed by atoms with Gasteiger partial charge in [0.2, 0.25) is 0 Å². The zero-order valence-electron chi connectivity index (χ0n) is 69.4. The van der Waals surface area contributed by atoms with Gasteiger partial charge in [0, 0.05) is 25.7 Å². The van der Waals surface area contributed by atoms with Crippen LogP contribution in [0.25, 0.3) is 0 Å². The Hall–Kier alpha value is -1.94. The summed E-state index contributed by atoms with van der Waals surface area (Å²) in [6, 6.07) is 0. The quantitative estimate of drug-likeness (QED) is 0.0222. The number of carbonyl (C=O) groups excluding carboxylic acids is 4. The van der Waals surface area contributed by atoms with Gasteiger partial charge in [-0.05, 0) is 49.4 Å². The van der Waals surface area contributed by atoms with E-state index in [0.29, 0.717) is 31.6 Å². The molecular formula is C86H168O17P2. The molecule has 0 saturated carbocycles. The van der Waals surface area contributed by atoms with E-state index >= 15 is 0 Å². The summed E-state index contributed by atoms with van der Waals surface area (Å²) in [5.41, 5.74) is 0. The van der Waals surface area contributed by atoms with Gasteiger partial charge in [0.15, 0.2) is 12.2 Å². The zero-order valence-corrected chi connectivity index (χ0v) is 71.2. The monoisotopic (exact) mass is 1540 g/mol. The standard InChI is InChI=1S/C86H168O17P2/c1-9-79(8)65-57-49-41-33-27-23-19-15-11-13-17-21-25-29-35-43-52-60-68-85(90)102-82(73-97-84(89)67-59-51-45-37-40-48-56-64-78(6)7)75-101-105(94,95)99-71-80(87)70-98-104(92,93)100-74-81(103-86(91)69-61-53-44-36-30-32-39-47-55-63-77(4)5)72-96-83(88)66-58-50-42-34-28-24-20-16-12-10-14-18-22-26-31-38-46-54-62-76(2)3/h76-82,87H,9-75H2,1-8H3,(H,92,93)(H,94,95)/t79?,80?,81-,82-/m1/s1. The van der Waals surface area contributed by atoms with Crippen molar-refractivity contribution in [3.05, 3.63) is 0 Å². The van der Waals surface area contributed by atoms with Crippen LogP contribution in [-0.2, 0) is 65.4 Å². The normalized spacial score (nSPS) is 14.2. The van der Waals surface area contributed by atoms with Crippen molar-refractivity contribution in [2.45, 2.75) is 465 Å². The maximum Gasteiger partial charge on any atom is 0.472 e. The van der Waals surface area contributed by atoms with Gasteiger partial charge in [0.1, 0.15) is 19.3 Å². The number of hydrogen-bond donors (Lipinski definition) is 3. The van der Waals surface area contributed by atoms with Gasteiger partial charge in [0.25, 0.3) is 0 Å². The molecule has 0 aromatic rings. The van der Waals surface area contributed by atoms with Gasteiger partial charge in [-0.1, -0.05) is 396 Å². The number of unbranched alkanes of at least 4 members (excludes halogenated alkanes) is 48. The predicted molar refractivity (Wildman–Crippen MR) is 432 cm³/mol. The number of rotatable bonds is 83. The van der Waals surface area contributed by atoms with Gasteiger partial charge < -0.3 is 33.8 Å². The van der Waals surface area contributed by atoms with Crippen molar-refractivity contribution in [2.24, 2.45) is 23.7 Å². The highest BCUT2D eigenvalue weighted by Crippen LogP contribution is 2.45. The van der Waals surface area contributed by atoms with Gasteiger partial charge >= 0.3 is 39.5 Å². The lowest BCUT2D eigenvalue weighted by Gasteiger charge is -2.21. The molecule has 0 aromatic carbocycles. The van der Waals surface area contributed by atoms with E-state index in [-0.39, 0.29) is 25.7 Å². The fraction of sp³-hybridized carbons (Fsp3) is 0.953. The molecule has 0 bridgehead atoms. The highest BCUT2D eigenvalue weighted by Gasteiger charge is 2.31. The fourth-order valence-electron chi connectivity index (χ4n) is 13.3. The molecule has 3 N–H and O–H groups in total. The molecule has 0 aliphatic rings. The Balaban J connectivity index is 5.14. The number of carbonyl (C=O) groups is 4. The lowest BCUT2D eigenvalue weighted by Crippen LogP contribution is -2.30. The van der Waals surface area contributed by atoms with Crippen LogP contribution in [0.4, 0.5) is 0 Å². The number of esters is 4. The van der Waals surface area contributed by atoms with Gasteiger partial charge in [-0.2, -0.15) is 0 Å². The molecule has 0 rings (SSSR count). The first-order valence-corrected chi connectivity index (χ1v) is 47.2. The van der Waals surface area contributed by atoms with Crippen molar-refractivity contribution in [1.29, 1.82) is 0 Å². The number of aliphatic hydroxyl groups excluding tert-OH is 1. The highest BCUT2D eigenvalue weighted by molar-refractivity contribution is 7.47. The molecule has 0 aliphatic heterocycles. The highest BCUT2D eigenvalue weighted by atomic mass is 31.2. The molecule has 0 aromatic heterocycles. The van der Waals surface area contributed by atoms with Crippen LogP contribution in [0.2, 0.25) is 0 Å². The van der Waals surface area contributed by atoms with E-state index in [9.17, 15) is 43.2 Å². The van der Waals surface area contributed by atoms with E-state index in [2.05, 4.69) is 55.4 Å². The van der Waals surface area contributed by atoms with E-state index in [1.807, 2.05) is 0 Å².